The fraction of sp³-hybridized carbons (Fsp3) is 0.583. The predicted molar refractivity (Wildman–Crippen MR) is 126 cm³/mol. The lowest BCUT2D eigenvalue weighted by molar-refractivity contribution is 0.0256. The molecular formula is C24H35N5O4. The van der Waals surface area contributed by atoms with Crippen molar-refractivity contribution in [2.45, 2.75) is 25.0 Å². The maximum Gasteiger partial charge on any atom is 0.225 e. The van der Waals surface area contributed by atoms with Crippen LogP contribution >= 0.6 is 0 Å². The van der Waals surface area contributed by atoms with Gasteiger partial charge in [-0.3, -0.25) is 4.90 Å². The Hall–Kier alpha value is -2.46. The molecule has 3 heterocycles. The van der Waals surface area contributed by atoms with Crippen molar-refractivity contribution in [3.05, 3.63) is 42.2 Å². The van der Waals surface area contributed by atoms with Crippen LogP contribution in [0.4, 0.5) is 5.95 Å². The summed E-state index contributed by atoms with van der Waals surface area (Å²) in [7, 11) is 1.66. The number of β-amino-alcohol motifs (C(OH)–C–C–N with tert-alkyl or cyclic N) is 1. The molecule has 1 aromatic heterocycles. The van der Waals surface area contributed by atoms with E-state index in [1.807, 2.05) is 18.2 Å². The average molecular weight is 458 g/mol. The summed E-state index contributed by atoms with van der Waals surface area (Å²) in [4.78, 5) is 13.0. The van der Waals surface area contributed by atoms with E-state index >= 15 is 0 Å². The van der Waals surface area contributed by atoms with Gasteiger partial charge in [0.05, 0.1) is 32.5 Å². The van der Waals surface area contributed by atoms with Gasteiger partial charge in [0.25, 0.3) is 0 Å². The fourth-order valence-corrected chi connectivity index (χ4v) is 4.37. The highest BCUT2D eigenvalue weighted by atomic mass is 16.5. The molecule has 0 aliphatic carbocycles. The van der Waals surface area contributed by atoms with Crippen molar-refractivity contribution in [1.29, 1.82) is 0 Å². The molecule has 2 aliphatic rings. The molecule has 9 heteroatoms. The standard InChI is InChI=1S/C24H35N5O4/c1-31-22-16-20(4-5-21(22)33-15-12-28-10-13-32-14-11-28)17-25-18-24(30)6-2-9-29(19-24)23-26-7-3-8-27-23/h3-5,7-8,16,25,30H,2,6,9-15,17-19H2,1H3/t24-/m0/s1. The largest absolute Gasteiger partial charge is 0.493 e. The van der Waals surface area contributed by atoms with E-state index in [-0.39, 0.29) is 0 Å². The second-order valence-electron chi connectivity index (χ2n) is 8.69. The number of piperidine rings is 1. The Balaban J connectivity index is 1.25. The molecule has 0 unspecified atom stereocenters. The third kappa shape index (κ3) is 6.77. The third-order valence-corrected chi connectivity index (χ3v) is 6.17. The van der Waals surface area contributed by atoms with Gasteiger partial charge in [-0.15, -0.1) is 0 Å². The van der Waals surface area contributed by atoms with E-state index in [0.29, 0.717) is 32.2 Å². The number of aromatic nitrogens is 2. The summed E-state index contributed by atoms with van der Waals surface area (Å²) < 4.78 is 16.9. The molecule has 4 rings (SSSR count). The number of hydrogen-bond acceptors (Lipinski definition) is 9. The van der Waals surface area contributed by atoms with Crippen molar-refractivity contribution in [2.24, 2.45) is 0 Å². The number of anilines is 1. The molecular weight excluding hydrogens is 422 g/mol. The Labute approximate surface area is 195 Å². The summed E-state index contributed by atoms with van der Waals surface area (Å²) in [6.45, 7) is 7.48. The van der Waals surface area contributed by atoms with Gasteiger partial charge in [0.1, 0.15) is 6.61 Å². The van der Waals surface area contributed by atoms with E-state index in [9.17, 15) is 5.11 Å². The van der Waals surface area contributed by atoms with Crippen molar-refractivity contribution in [3.8, 4) is 11.5 Å². The minimum Gasteiger partial charge on any atom is -0.493 e. The molecule has 9 nitrogen and oxygen atoms in total. The Kier molecular flexibility index (Phi) is 8.33. The topological polar surface area (TPSA) is 92.2 Å². The minimum absolute atomic E-state index is 0.496. The zero-order valence-electron chi connectivity index (χ0n) is 19.4. The van der Waals surface area contributed by atoms with Crippen LogP contribution in [0.5, 0.6) is 11.5 Å². The first-order valence-corrected chi connectivity index (χ1v) is 11.7. The third-order valence-electron chi connectivity index (χ3n) is 6.17. The number of rotatable bonds is 10. The van der Waals surface area contributed by atoms with Crippen LogP contribution in [0.15, 0.2) is 36.7 Å². The number of morpholine rings is 1. The van der Waals surface area contributed by atoms with E-state index in [1.54, 1.807) is 25.6 Å². The van der Waals surface area contributed by atoms with Crippen LogP contribution in [-0.4, -0.2) is 91.8 Å². The molecule has 1 atom stereocenters. The molecule has 0 radical (unpaired) electrons. The Morgan fingerprint density at radius 3 is 2.76 bits per heavy atom. The predicted octanol–water partition coefficient (Wildman–Crippen LogP) is 1.32. The van der Waals surface area contributed by atoms with E-state index < -0.39 is 5.60 Å². The van der Waals surface area contributed by atoms with Gasteiger partial charge < -0.3 is 29.5 Å². The lowest BCUT2D eigenvalue weighted by Gasteiger charge is -2.39. The van der Waals surface area contributed by atoms with Gasteiger partial charge >= 0.3 is 0 Å². The molecule has 2 saturated heterocycles. The van der Waals surface area contributed by atoms with E-state index in [4.69, 9.17) is 14.2 Å². The molecule has 0 spiro atoms. The van der Waals surface area contributed by atoms with Crippen molar-refractivity contribution in [2.75, 3.05) is 71.1 Å². The first kappa shape index (κ1) is 23.7. The maximum absolute atomic E-state index is 11.1. The molecule has 0 saturated carbocycles. The number of aliphatic hydroxyl groups is 1. The molecule has 0 amide bonds. The molecule has 2 fully saturated rings. The van der Waals surface area contributed by atoms with Gasteiger partial charge in [0.15, 0.2) is 11.5 Å². The smallest absolute Gasteiger partial charge is 0.225 e. The normalized spacial score (nSPS) is 21.7. The number of benzene rings is 1. The summed E-state index contributed by atoms with van der Waals surface area (Å²) in [5, 5.41) is 14.5. The van der Waals surface area contributed by atoms with E-state index in [0.717, 1.165) is 69.3 Å². The highest BCUT2D eigenvalue weighted by molar-refractivity contribution is 5.43. The molecule has 1 aromatic carbocycles. The van der Waals surface area contributed by atoms with E-state index in [2.05, 4.69) is 25.1 Å². The highest BCUT2D eigenvalue weighted by Gasteiger charge is 2.33. The van der Waals surface area contributed by atoms with Crippen LogP contribution < -0.4 is 19.7 Å². The van der Waals surface area contributed by atoms with Crippen molar-refractivity contribution in [1.82, 2.24) is 20.2 Å². The quantitative estimate of drug-likeness (QED) is 0.548. The number of ether oxygens (including phenoxy) is 3. The average Bonchev–Trinajstić information content (AvgIpc) is 2.86. The first-order chi connectivity index (χ1) is 16.1. The molecule has 33 heavy (non-hydrogen) atoms. The Morgan fingerprint density at radius 1 is 1.15 bits per heavy atom. The van der Waals surface area contributed by atoms with Crippen LogP contribution in [-0.2, 0) is 11.3 Å². The summed E-state index contributed by atoms with van der Waals surface area (Å²) in [5.74, 6) is 2.14. The number of nitrogens with zero attached hydrogens (tertiary/aromatic N) is 4. The lowest BCUT2D eigenvalue weighted by atomic mass is 9.93. The van der Waals surface area contributed by atoms with Gasteiger partial charge in [-0.25, -0.2) is 9.97 Å². The van der Waals surface area contributed by atoms with Crippen LogP contribution in [0.1, 0.15) is 18.4 Å². The minimum atomic E-state index is -0.815. The van der Waals surface area contributed by atoms with Crippen LogP contribution in [0.2, 0.25) is 0 Å². The first-order valence-electron chi connectivity index (χ1n) is 11.7. The van der Waals surface area contributed by atoms with Crippen LogP contribution in [0.3, 0.4) is 0 Å². The van der Waals surface area contributed by atoms with Crippen molar-refractivity contribution in [3.63, 3.8) is 0 Å². The maximum atomic E-state index is 11.1. The zero-order valence-corrected chi connectivity index (χ0v) is 19.4. The highest BCUT2D eigenvalue weighted by Crippen LogP contribution is 2.28. The van der Waals surface area contributed by atoms with Crippen LogP contribution in [0.25, 0.3) is 0 Å². The van der Waals surface area contributed by atoms with Gasteiger partial charge in [-0.05, 0) is 36.6 Å². The Bertz CT molecular complexity index is 865. The van der Waals surface area contributed by atoms with Crippen LogP contribution in [0, 0.1) is 0 Å². The van der Waals surface area contributed by atoms with Crippen molar-refractivity contribution < 1.29 is 19.3 Å². The van der Waals surface area contributed by atoms with E-state index in [1.165, 1.54) is 0 Å². The number of methoxy groups -OCH3 is 1. The zero-order chi connectivity index (χ0) is 22.9. The number of hydrogen-bond donors (Lipinski definition) is 2. The molecule has 2 aliphatic heterocycles. The second kappa shape index (κ2) is 11.6. The Morgan fingerprint density at radius 2 is 1.97 bits per heavy atom. The SMILES string of the molecule is COc1cc(CNC[C@@]2(O)CCCN(c3ncccn3)C2)ccc1OCCN1CCOCC1. The van der Waals surface area contributed by atoms with Gasteiger partial charge in [0.2, 0.25) is 5.95 Å². The molecule has 0 bridgehead atoms. The monoisotopic (exact) mass is 457 g/mol. The molecule has 2 N–H and O–H groups in total. The summed E-state index contributed by atoms with van der Waals surface area (Å²) in [6.07, 6.45) is 5.12. The molecule has 180 valence electrons. The van der Waals surface area contributed by atoms with Crippen molar-refractivity contribution >= 4 is 5.95 Å². The molecule has 2 aromatic rings. The number of nitrogens with one attached hydrogen (secondary N) is 1. The summed E-state index contributed by atoms with van der Waals surface area (Å²) >= 11 is 0. The second-order valence-corrected chi connectivity index (χ2v) is 8.69. The fourth-order valence-electron chi connectivity index (χ4n) is 4.37. The van der Waals surface area contributed by atoms with Gasteiger partial charge in [-0.2, -0.15) is 0 Å². The van der Waals surface area contributed by atoms with Gasteiger partial charge in [0, 0.05) is 51.7 Å². The summed E-state index contributed by atoms with van der Waals surface area (Å²) in [6, 6.07) is 7.79. The lowest BCUT2D eigenvalue weighted by Crippen LogP contribution is -2.53. The van der Waals surface area contributed by atoms with Gasteiger partial charge in [-0.1, -0.05) is 6.07 Å². The summed E-state index contributed by atoms with van der Waals surface area (Å²) in [5.41, 5.74) is 0.263.